The molecule has 0 aliphatic carbocycles. The Kier molecular flexibility index (Phi) is 4.59. The maximum absolute atomic E-state index is 11.1. The number of carbonyl (C=O) groups is 3. The zero-order chi connectivity index (χ0) is 13.7. The van der Waals surface area contributed by atoms with E-state index in [4.69, 9.17) is 5.11 Å². The standard InChI is InChI=1S/C13H15NO4/c1-8(13(17)18)7-10-3-5-11(6-4-10)14-12(16)9(2)15/h3-6,8H,7H2,1-2H3,(H,14,16)(H,17,18)/t8-/m0/s1. The SMILES string of the molecule is CC(=O)C(=O)Nc1ccc(C[C@H](C)C(=O)O)cc1. The van der Waals surface area contributed by atoms with Crippen LogP contribution in [0.2, 0.25) is 0 Å². The summed E-state index contributed by atoms with van der Waals surface area (Å²) in [5.41, 5.74) is 1.38. The number of ketones is 1. The summed E-state index contributed by atoms with van der Waals surface area (Å²) in [4.78, 5) is 32.6. The van der Waals surface area contributed by atoms with Gasteiger partial charge in [-0.3, -0.25) is 14.4 Å². The third kappa shape index (κ3) is 4.01. The minimum absolute atomic E-state index is 0.427. The molecule has 0 radical (unpaired) electrons. The van der Waals surface area contributed by atoms with Gasteiger partial charge in [-0.2, -0.15) is 0 Å². The van der Waals surface area contributed by atoms with Crippen LogP contribution in [0.1, 0.15) is 19.4 Å². The summed E-state index contributed by atoms with van der Waals surface area (Å²) in [5, 5.41) is 11.2. The number of carboxylic acid groups (broad SMARTS) is 1. The predicted octanol–water partition coefficient (Wildman–Crippen LogP) is 1.48. The van der Waals surface area contributed by atoms with Gasteiger partial charge in [0.15, 0.2) is 0 Å². The Morgan fingerprint density at radius 3 is 2.22 bits per heavy atom. The highest BCUT2D eigenvalue weighted by Gasteiger charge is 2.12. The lowest BCUT2D eigenvalue weighted by molar-refractivity contribution is -0.141. The van der Waals surface area contributed by atoms with Gasteiger partial charge < -0.3 is 10.4 Å². The first-order chi connectivity index (χ1) is 8.40. The maximum atomic E-state index is 11.1. The maximum Gasteiger partial charge on any atom is 0.306 e. The topological polar surface area (TPSA) is 83.5 Å². The molecule has 0 saturated carbocycles. The van der Waals surface area contributed by atoms with E-state index in [1.54, 1.807) is 31.2 Å². The average Bonchev–Trinajstić information content (AvgIpc) is 2.31. The van der Waals surface area contributed by atoms with Crippen LogP contribution in [0.3, 0.4) is 0 Å². The molecule has 0 bridgehead atoms. The van der Waals surface area contributed by atoms with Gasteiger partial charge in [-0.15, -0.1) is 0 Å². The fourth-order valence-electron chi connectivity index (χ4n) is 1.38. The van der Waals surface area contributed by atoms with Gasteiger partial charge in [-0.25, -0.2) is 0 Å². The van der Waals surface area contributed by atoms with Crippen molar-refractivity contribution in [1.82, 2.24) is 0 Å². The lowest BCUT2D eigenvalue weighted by atomic mass is 10.0. The largest absolute Gasteiger partial charge is 0.481 e. The van der Waals surface area contributed by atoms with Crippen LogP contribution in [0.15, 0.2) is 24.3 Å². The average molecular weight is 249 g/mol. The second-order valence-corrected chi connectivity index (χ2v) is 4.15. The Labute approximate surface area is 105 Å². The number of hydrogen-bond acceptors (Lipinski definition) is 3. The van der Waals surface area contributed by atoms with E-state index in [1.165, 1.54) is 6.92 Å². The van der Waals surface area contributed by atoms with Crippen LogP contribution in [0.25, 0.3) is 0 Å². The molecule has 18 heavy (non-hydrogen) atoms. The smallest absolute Gasteiger partial charge is 0.306 e. The zero-order valence-corrected chi connectivity index (χ0v) is 10.3. The number of nitrogens with one attached hydrogen (secondary N) is 1. The summed E-state index contributed by atoms with van der Waals surface area (Å²) >= 11 is 0. The van der Waals surface area contributed by atoms with Crippen LogP contribution < -0.4 is 5.32 Å². The summed E-state index contributed by atoms with van der Waals surface area (Å²) in [7, 11) is 0. The van der Waals surface area contributed by atoms with Crippen LogP contribution in [0.4, 0.5) is 5.69 Å². The molecule has 2 N–H and O–H groups in total. The van der Waals surface area contributed by atoms with Gasteiger partial charge in [-0.05, 0) is 24.1 Å². The Bertz CT molecular complexity index is 464. The number of carbonyl (C=O) groups excluding carboxylic acids is 2. The fraction of sp³-hybridized carbons (Fsp3) is 0.308. The molecule has 1 aromatic rings. The molecular formula is C13H15NO4. The number of Topliss-reactive ketones (excluding diaryl/α,β-unsaturated/α-hetero) is 1. The van der Waals surface area contributed by atoms with Crippen molar-refractivity contribution in [3.8, 4) is 0 Å². The van der Waals surface area contributed by atoms with E-state index >= 15 is 0 Å². The first kappa shape index (κ1) is 13.9. The Morgan fingerprint density at radius 1 is 1.22 bits per heavy atom. The van der Waals surface area contributed by atoms with E-state index in [0.717, 1.165) is 5.56 Å². The van der Waals surface area contributed by atoms with Crippen LogP contribution in [-0.2, 0) is 20.8 Å². The second kappa shape index (κ2) is 5.95. The number of hydrogen-bond donors (Lipinski definition) is 2. The molecule has 0 spiro atoms. The number of carboxylic acids is 1. The van der Waals surface area contributed by atoms with Crippen LogP contribution in [0, 0.1) is 5.92 Å². The highest BCUT2D eigenvalue weighted by Crippen LogP contribution is 2.13. The third-order valence-electron chi connectivity index (χ3n) is 2.50. The number of benzene rings is 1. The van der Waals surface area contributed by atoms with Crippen molar-refractivity contribution >= 4 is 23.3 Å². The van der Waals surface area contributed by atoms with E-state index in [2.05, 4.69) is 5.32 Å². The first-order valence-electron chi connectivity index (χ1n) is 5.54. The summed E-state index contributed by atoms with van der Waals surface area (Å²) in [6, 6.07) is 6.75. The van der Waals surface area contributed by atoms with Crippen molar-refractivity contribution in [2.75, 3.05) is 5.32 Å². The fourth-order valence-corrected chi connectivity index (χ4v) is 1.38. The molecule has 0 heterocycles. The van der Waals surface area contributed by atoms with Crippen LogP contribution >= 0.6 is 0 Å². The molecule has 1 atom stereocenters. The molecule has 5 nitrogen and oxygen atoms in total. The second-order valence-electron chi connectivity index (χ2n) is 4.15. The van der Waals surface area contributed by atoms with Crippen molar-refractivity contribution in [3.05, 3.63) is 29.8 Å². The van der Waals surface area contributed by atoms with E-state index in [1.807, 2.05) is 0 Å². The van der Waals surface area contributed by atoms with Gasteiger partial charge in [0, 0.05) is 12.6 Å². The van der Waals surface area contributed by atoms with Gasteiger partial charge in [0.2, 0.25) is 5.78 Å². The number of amides is 1. The molecule has 0 saturated heterocycles. The minimum Gasteiger partial charge on any atom is -0.481 e. The quantitative estimate of drug-likeness (QED) is 0.774. The van der Waals surface area contributed by atoms with E-state index in [0.29, 0.717) is 12.1 Å². The summed E-state index contributed by atoms with van der Waals surface area (Å²) < 4.78 is 0. The molecule has 0 unspecified atom stereocenters. The van der Waals surface area contributed by atoms with Crippen LogP contribution in [0.5, 0.6) is 0 Å². The first-order valence-corrected chi connectivity index (χ1v) is 5.54. The molecule has 1 amide bonds. The monoisotopic (exact) mass is 249 g/mol. The normalized spacial score (nSPS) is 11.7. The van der Waals surface area contributed by atoms with Gasteiger partial charge in [0.05, 0.1) is 5.92 Å². The van der Waals surface area contributed by atoms with Gasteiger partial charge in [-0.1, -0.05) is 19.1 Å². The van der Waals surface area contributed by atoms with Crippen molar-refractivity contribution < 1.29 is 19.5 Å². The molecule has 0 aromatic heterocycles. The summed E-state index contributed by atoms with van der Waals surface area (Å²) in [5.74, 6) is -2.52. The third-order valence-corrected chi connectivity index (χ3v) is 2.50. The Balaban J connectivity index is 2.66. The molecule has 5 heteroatoms. The number of rotatable bonds is 5. The summed E-state index contributed by atoms with van der Waals surface area (Å²) in [6.07, 6.45) is 0.427. The van der Waals surface area contributed by atoms with Gasteiger partial charge >= 0.3 is 5.97 Å². The molecule has 1 rings (SSSR count). The van der Waals surface area contributed by atoms with Crippen molar-refractivity contribution in [2.24, 2.45) is 5.92 Å². The molecule has 0 aliphatic rings. The zero-order valence-electron chi connectivity index (χ0n) is 10.3. The van der Waals surface area contributed by atoms with E-state index in [-0.39, 0.29) is 0 Å². The number of anilines is 1. The van der Waals surface area contributed by atoms with Gasteiger partial charge in [0.1, 0.15) is 0 Å². The Hall–Kier alpha value is -2.17. The van der Waals surface area contributed by atoms with Crippen molar-refractivity contribution in [1.29, 1.82) is 0 Å². The van der Waals surface area contributed by atoms with Gasteiger partial charge in [0.25, 0.3) is 5.91 Å². The molecular weight excluding hydrogens is 234 g/mol. The van der Waals surface area contributed by atoms with E-state index < -0.39 is 23.6 Å². The minimum atomic E-state index is -0.844. The molecule has 96 valence electrons. The molecule has 0 fully saturated rings. The predicted molar refractivity (Wildman–Crippen MR) is 66.3 cm³/mol. The highest BCUT2D eigenvalue weighted by molar-refractivity contribution is 6.39. The lowest BCUT2D eigenvalue weighted by Gasteiger charge is -2.07. The summed E-state index contributed by atoms with van der Waals surface area (Å²) in [6.45, 7) is 2.83. The lowest BCUT2D eigenvalue weighted by Crippen LogP contribution is -2.19. The molecule has 1 aromatic carbocycles. The van der Waals surface area contributed by atoms with Crippen molar-refractivity contribution in [2.45, 2.75) is 20.3 Å². The van der Waals surface area contributed by atoms with Crippen LogP contribution in [-0.4, -0.2) is 22.8 Å². The Morgan fingerprint density at radius 2 is 1.78 bits per heavy atom. The van der Waals surface area contributed by atoms with E-state index in [9.17, 15) is 14.4 Å². The number of aliphatic carboxylic acids is 1. The molecule has 0 aliphatic heterocycles. The van der Waals surface area contributed by atoms with Crippen molar-refractivity contribution in [3.63, 3.8) is 0 Å². The highest BCUT2D eigenvalue weighted by atomic mass is 16.4.